The van der Waals surface area contributed by atoms with Crippen molar-refractivity contribution in [2.24, 2.45) is 5.92 Å². The van der Waals surface area contributed by atoms with Crippen LogP contribution in [0.15, 0.2) is 18.2 Å². The fraction of sp³-hybridized carbons (Fsp3) is 0.308. The summed E-state index contributed by atoms with van der Waals surface area (Å²) in [5.41, 5.74) is 1.38. The van der Waals surface area contributed by atoms with E-state index in [1.54, 1.807) is 26.8 Å². The first-order valence-corrected chi connectivity index (χ1v) is 6.16. The molecule has 0 atom stereocenters. The van der Waals surface area contributed by atoms with Crippen LogP contribution in [0.5, 0.6) is 0 Å². The maximum Gasteiger partial charge on any atom is 0.228 e. The van der Waals surface area contributed by atoms with Crippen molar-refractivity contribution in [3.8, 4) is 0 Å². The lowest BCUT2D eigenvalue weighted by Crippen LogP contribution is -2.36. The van der Waals surface area contributed by atoms with Crippen LogP contribution in [0.3, 0.4) is 0 Å². The van der Waals surface area contributed by atoms with Crippen LogP contribution in [-0.4, -0.2) is 17.0 Å². The minimum absolute atomic E-state index is 0.0473. The molecule has 0 aliphatic heterocycles. The molecule has 0 aromatic heterocycles. The Morgan fingerprint density at radius 2 is 1.95 bits per heavy atom. The van der Waals surface area contributed by atoms with E-state index < -0.39 is 5.97 Å². The summed E-state index contributed by atoms with van der Waals surface area (Å²) < 4.78 is 0. The van der Waals surface area contributed by atoms with Gasteiger partial charge in [0.2, 0.25) is 5.91 Å². The Labute approximate surface area is 117 Å². The summed E-state index contributed by atoms with van der Waals surface area (Å²) in [7, 11) is 0. The van der Waals surface area contributed by atoms with Gasteiger partial charge < -0.3 is 20.5 Å². The third-order valence-corrected chi connectivity index (χ3v) is 2.69. The van der Waals surface area contributed by atoms with Gasteiger partial charge in [-0.1, -0.05) is 26.0 Å². The number of thiocarbonyl (C=S) groups is 1. The summed E-state index contributed by atoms with van der Waals surface area (Å²) in [6.45, 7) is 5.30. The van der Waals surface area contributed by atoms with Gasteiger partial charge in [-0.3, -0.25) is 4.79 Å². The predicted molar refractivity (Wildman–Crippen MR) is 74.7 cm³/mol. The van der Waals surface area contributed by atoms with Crippen LogP contribution >= 0.6 is 12.2 Å². The van der Waals surface area contributed by atoms with E-state index >= 15 is 0 Å². The number of hydrogen-bond donors (Lipinski definition) is 2. The van der Waals surface area contributed by atoms with E-state index in [1.165, 1.54) is 12.1 Å². The summed E-state index contributed by atoms with van der Waals surface area (Å²) in [5.74, 6) is -1.65. The fourth-order valence-corrected chi connectivity index (χ4v) is 1.50. The van der Waals surface area contributed by atoms with Crippen LogP contribution in [0.4, 0.5) is 5.69 Å². The monoisotopic (exact) mass is 279 g/mol. The highest BCUT2D eigenvalue weighted by Gasteiger charge is 2.10. The van der Waals surface area contributed by atoms with E-state index in [2.05, 4.69) is 10.6 Å². The minimum Gasteiger partial charge on any atom is -0.545 e. The van der Waals surface area contributed by atoms with Gasteiger partial charge in [0.15, 0.2) is 5.11 Å². The zero-order chi connectivity index (χ0) is 14.6. The topological polar surface area (TPSA) is 81.3 Å². The normalized spacial score (nSPS) is 10.1. The molecule has 1 aromatic carbocycles. The number of nitrogens with one attached hydrogen (secondary N) is 2. The molecule has 0 aliphatic carbocycles. The molecule has 2 N–H and O–H groups in total. The number of carboxylic acid groups (broad SMARTS) is 1. The van der Waals surface area contributed by atoms with Gasteiger partial charge in [0.05, 0.1) is 5.97 Å². The molecule has 0 unspecified atom stereocenters. The third kappa shape index (κ3) is 4.33. The van der Waals surface area contributed by atoms with Gasteiger partial charge in [-0.2, -0.15) is 0 Å². The molecule has 1 aromatic rings. The van der Waals surface area contributed by atoms with Crippen LogP contribution < -0.4 is 15.7 Å². The van der Waals surface area contributed by atoms with Crippen LogP contribution in [0.1, 0.15) is 29.8 Å². The zero-order valence-electron chi connectivity index (χ0n) is 10.9. The van der Waals surface area contributed by atoms with Crippen molar-refractivity contribution in [2.75, 3.05) is 5.32 Å². The number of anilines is 1. The highest BCUT2D eigenvalue weighted by Crippen LogP contribution is 2.16. The van der Waals surface area contributed by atoms with Crippen LogP contribution in [-0.2, 0) is 4.79 Å². The lowest BCUT2D eigenvalue weighted by molar-refractivity contribution is -0.255. The number of benzene rings is 1. The smallest absolute Gasteiger partial charge is 0.228 e. The molecule has 5 nitrogen and oxygen atoms in total. The Hall–Kier alpha value is -1.95. The Morgan fingerprint density at radius 1 is 1.32 bits per heavy atom. The zero-order valence-corrected chi connectivity index (χ0v) is 11.8. The second-order valence-electron chi connectivity index (χ2n) is 4.42. The van der Waals surface area contributed by atoms with Crippen molar-refractivity contribution < 1.29 is 14.7 Å². The number of carbonyl (C=O) groups is 2. The fourth-order valence-electron chi connectivity index (χ4n) is 1.29. The summed E-state index contributed by atoms with van der Waals surface area (Å²) in [6.07, 6.45) is 0. The molecule has 0 spiro atoms. The second-order valence-corrected chi connectivity index (χ2v) is 4.82. The molecule has 0 heterocycles. The first-order valence-electron chi connectivity index (χ1n) is 5.75. The highest BCUT2D eigenvalue weighted by molar-refractivity contribution is 7.80. The van der Waals surface area contributed by atoms with E-state index in [0.717, 1.165) is 5.56 Å². The number of aromatic carboxylic acids is 1. The Bertz CT molecular complexity index is 527. The minimum atomic E-state index is -1.26. The van der Waals surface area contributed by atoms with Gasteiger partial charge in [0, 0.05) is 11.6 Å². The van der Waals surface area contributed by atoms with Gasteiger partial charge in [-0.05, 0) is 36.3 Å². The van der Waals surface area contributed by atoms with E-state index in [-0.39, 0.29) is 22.5 Å². The van der Waals surface area contributed by atoms with Gasteiger partial charge in [-0.15, -0.1) is 0 Å². The Balaban J connectivity index is 2.81. The molecule has 0 saturated carbocycles. The summed E-state index contributed by atoms with van der Waals surface area (Å²) in [5, 5.41) is 16.2. The number of hydrogen-bond acceptors (Lipinski definition) is 4. The highest BCUT2D eigenvalue weighted by atomic mass is 32.1. The van der Waals surface area contributed by atoms with E-state index in [4.69, 9.17) is 12.2 Å². The van der Waals surface area contributed by atoms with Gasteiger partial charge in [-0.25, -0.2) is 0 Å². The average Bonchev–Trinajstić information content (AvgIpc) is 2.31. The number of rotatable bonds is 3. The maximum atomic E-state index is 11.5. The van der Waals surface area contributed by atoms with Crippen LogP contribution in [0, 0.1) is 12.8 Å². The maximum absolute atomic E-state index is 11.5. The summed E-state index contributed by atoms with van der Waals surface area (Å²) in [4.78, 5) is 22.2. The molecule has 0 saturated heterocycles. The molecule has 0 aliphatic rings. The molecular formula is C13H15N2O3S-. The largest absolute Gasteiger partial charge is 0.545 e. The number of carboxylic acids is 1. The van der Waals surface area contributed by atoms with Gasteiger partial charge >= 0.3 is 0 Å². The molecule has 1 rings (SSSR count). The Morgan fingerprint density at radius 3 is 2.47 bits per heavy atom. The predicted octanol–water partition coefficient (Wildman–Crippen LogP) is 0.828. The lowest BCUT2D eigenvalue weighted by Gasteiger charge is -2.14. The second kappa shape index (κ2) is 6.29. The standard InChI is InChI=1S/C13H16N2O3S/c1-7(2)11(16)15-13(19)14-10-6-9(12(17)18)5-4-8(10)3/h4-7H,1-3H3,(H,17,18)(H2,14,15,16,19)/p-1. The van der Waals surface area contributed by atoms with Gasteiger partial charge in [0.25, 0.3) is 0 Å². The molecule has 102 valence electrons. The Kier molecular flexibility index (Phi) is 5.00. The van der Waals surface area contributed by atoms with Crippen molar-refractivity contribution in [3.63, 3.8) is 0 Å². The molecule has 0 fully saturated rings. The van der Waals surface area contributed by atoms with Crippen molar-refractivity contribution in [1.29, 1.82) is 0 Å². The van der Waals surface area contributed by atoms with Crippen LogP contribution in [0.25, 0.3) is 0 Å². The molecule has 0 bridgehead atoms. The quantitative estimate of drug-likeness (QED) is 0.801. The first-order chi connectivity index (χ1) is 8.81. The van der Waals surface area contributed by atoms with Crippen molar-refractivity contribution in [2.45, 2.75) is 20.8 Å². The van der Waals surface area contributed by atoms with E-state index in [9.17, 15) is 14.7 Å². The van der Waals surface area contributed by atoms with E-state index in [0.29, 0.717) is 5.69 Å². The van der Waals surface area contributed by atoms with Gasteiger partial charge in [0.1, 0.15) is 0 Å². The molecule has 0 radical (unpaired) electrons. The third-order valence-electron chi connectivity index (χ3n) is 2.48. The van der Waals surface area contributed by atoms with E-state index in [1.807, 2.05) is 0 Å². The first kappa shape index (κ1) is 15.1. The van der Waals surface area contributed by atoms with Crippen molar-refractivity contribution in [3.05, 3.63) is 29.3 Å². The molecule has 1 amide bonds. The molecular weight excluding hydrogens is 264 g/mol. The molecule has 19 heavy (non-hydrogen) atoms. The summed E-state index contributed by atoms with van der Waals surface area (Å²) >= 11 is 4.99. The molecule has 6 heteroatoms. The van der Waals surface area contributed by atoms with Crippen LogP contribution in [0.2, 0.25) is 0 Å². The average molecular weight is 279 g/mol. The lowest BCUT2D eigenvalue weighted by atomic mass is 10.1. The number of carbonyl (C=O) groups excluding carboxylic acids is 2. The summed E-state index contributed by atoms with van der Waals surface area (Å²) in [6, 6.07) is 4.50. The van der Waals surface area contributed by atoms with Crippen molar-refractivity contribution in [1.82, 2.24) is 5.32 Å². The van der Waals surface area contributed by atoms with Crippen molar-refractivity contribution >= 4 is 34.9 Å². The number of aryl methyl sites for hydroxylation is 1. The SMILES string of the molecule is Cc1ccc(C(=O)[O-])cc1NC(=S)NC(=O)C(C)C. The number of amides is 1.